The molecule has 0 aromatic carbocycles. The van der Waals surface area contributed by atoms with E-state index in [1.165, 1.54) is 30.4 Å². The molecule has 0 aliphatic carbocycles. The van der Waals surface area contributed by atoms with Crippen molar-refractivity contribution >= 4 is 23.4 Å². The lowest BCUT2D eigenvalue weighted by atomic mass is 10.00. The maximum atomic E-state index is 11.1. The molecule has 5 nitrogen and oxygen atoms in total. The quantitative estimate of drug-likeness (QED) is 0.897. The normalized spacial score (nSPS) is 18.1. The third-order valence-corrected chi connectivity index (χ3v) is 4.46. The fourth-order valence-electron chi connectivity index (χ4n) is 2.23. The zero-order valence-electron chi connectivity index (χ0n) is 11.9. The predicted molar refractivity (Wildman–Crippen MR) is 81.5 cm³/mol. The van der Waals surface area contributed by atoms with Gasteiger partial charge in [-0.15, -0.1) is 11.3 Å². The van der Waals surface area contributed by atoms with E-state index >= 15 is 0 Å². The highest BCUT2D eigenvalue weighted by Gasteiger charge is 2.21. The van der Waals surface area contributed by atoms with Gasteiger partial charge in [0.15, 0.2) is 0 Å². The fraction of sp³-hybridized carbons (Fsp3) is 0.571. The molecule has 1 amide bonds. The van der Waals surface area contributed by atoms with Crippen LogP contribution in [-0.4, -0.2) is 32.3 Å². The lowest BCUT2D eigenvalue weighted by Gasteiger charge is -2.23. The summed E-state index contributed by atoms with van der Waals surface area (Å²) in [4.78, 5) is 16.9. The molecule has 1 atom stereocenters. The van der Waals surface area contributed by atoms with Crippen LogP contribution in [0.5, 0.6) is 0 Å². The first-order valence-electron chi connectivity index (χ1n) is 6.94. The number of ether oxygens (including phenoxy) is 1. The number of unbranched alkanes of at least 4 members (excludes halogenated alkanes) is 1. The molecule has 0 fully saturated rings. The van der Waals surface area contributed by atoms with Gasteiger partial charge in [0.05, 0.1) is 13.7 Å². The van der Waals surface area contributed by atoms with Crippen LogP contribution in [0.1, 0.15) is 36.1 Å². The molecular formula is C14H21N3O2S. The number of nitrogens with zero attached hydrogens (tertiary/aromatic N) is 1. The number of guanidine groups is 1. The zero-order chi connectivity index (χ0) is 14.4. The maximum absolute atomic E-state index is 11.1. The molecule has 20 heavy (non-hydrogen) atoms. The number of rotatable bonds is 4. The Bertz CT molecular complexity index is 485. The van der Waals surface area contributed by atoms with Crippen molar-refractivity contribution in [2.24, 2.45) is 4.99 Å². The highest BCUT2D eigenvalue weighted by molar-refractivity contribution is 7.10. The summed E-state index contributed by atoms with van der Waals surface area (Å²) in [5.41, 5.74) is 1.45. The second-order valence-electron chi connectivity index (χ2n) is 4.80. The maximum Gasteiger partial charge on any atom is 0.413 e. The summed E-state index contributed by atoms with van der Waals surface area (Å²) in [7, 11) is 1.34. The number of nitrogens with one attached hydrogen (secondary N) is 2. The third-order valence-electron chi connectivity index (χ3n) is 3.34. The summed E-state index contributed by atoms with van der Waals surface area (Å²) < 4.78 is 4.55. The van der Waals surface area contributed by atoms with Gasteiger partial charge in [-0.25, -0.2) is 4.79 Å². The molecule has 0 radical (unpaired) electrons. The summed E-state index contributed by atoms with van der Waals surface area (Å²) in [5.74, 6) is 0.893. The van der Waals surface area contributed by atoms with Gasteiger partial charge >= 0.3 is 6.09 Å². The molecule has 110 valence electrons. The number of amides is 1. The average Bonchev–Trinajstić information content (AvgIpc) is 2.94. The minimum Gasteiger partial charge on any atom is -0.453 e. The number of carbonyl (C=O) groups excluding carboxylic acids is 1. The van der Waals surface area contributed by atoms with E-state index < -0.39 is 6.09 Å². The van der Waals surface area contributed by atoms with Crippen molar-refractivity contribution in [3.63, 3.8) is 0 Å². The van der Waals surface area contributed by atoms with Gasteiger partial charge < -0.3 is 10.1 Å². The van der Waals surface area contributed by atoms with Crippen molar-refractivity contribution in [3.05, 3.63) is 21.9 Å². The van der Waals surface area contributed by atoms with E-state index in [-0.39, 0.29) is 0 Å². The molecule has 1 aliphatic rings. The van der Waals surface area contributed by atoms with E-state index in [4.69, 9.17) is 0 Å². The molecule has 0 bridgehead atoms. The average molecular weight is 295 g/mol. The number of carbonyl (C=O) groups is 1. The highest BCUT2D eigenvalue weighted by Crippen LogP contribution is 2.28. The van der Waals surface area contributed by atoms with E-state index in [2.05, 4.69) is 38.7 Å². The lowest BCUT2D eigenvalue weighted by molar-refractivity contribution is 0.176. The van der Waals surface area contributed by atoms with Gasteiger partial charge in [-0.05, 0) is 29.9 Å². The molecule has 1 aliphatic heterocycles. The highest BCUT2D eigenvalue weighted by atomic mass is 32.1. The number of aliphatic imine (C=N–C) groups is 1. The summed E-state index contributed by atoms with van der Waals surface area (Å²) in [6.45, 7) is 3.71. The monoisotopic (exact) mass is 295 g/mol. The van der Waals surface area contributed by atoms with Crippen molar-refractivity contribution < 1.29 is 9.53 Å². The van der Waals surface area contributed by atoms with E-state index in [0.717, 1.165) is 13.0 Å². The van der Waals surface area contributed by atoms with Crippen LogP contribution in [0.25, 0.3) is 0 Å². The topological polar surface area (TPSA) is 62.7 Å². The van der Waals surface area contributed by atoms with Gasteiger partial charge in [0.2, 0.25) is 5.96 Å². The number of hydrogen-bond acceptors (Lipinski definition) is 5. The van der Waals surface area contributed by atoms with Gasteiger partial charge in [-0.2, -0.15) is 0 Å². The standard InChI is InChI=1S/C14H21N3O2S/c1-3-4-5-10-6-7-20-12(10)11-8-15-13(16-9-11)17-14(18)19-2/h6-7,11H,3-5,8-9H2,1-2H3,(H2,15,16,17,18). The van der Waals surface area contributed by atoms with Gasteiger partial charge in [0.25, 0.3) is 0 Å². The molecule has 6 heteroatoms. The lowest BCUT2D eigenvalue weighted by Crippen LogP contribution is -2.45. The first kappa shape index (κ1) is 14.8. The first-order valence-corrected chi connectivity index (χ1v) is 7.82. The largest absolute Gasteiger partial charge is 0.453 e. The van der Waals surface area contributed by atoms with Crippen LogP contribution in [0, 0.1) is 0 Å². The molecule has 2 heterocycles. The number of thiophene rings is 1. The van der Waals surface area contributed by atoms with Crippen LogP contribution in [-0.2, 0) is 11.2 Å². The van der Waals surface area contributed by atoms with Gasteiger partial charge in [-0.3, -0.25) is 10.3 Å². The summed E-state index contributed by atoms with van der Waals surface area (Å²) >= 11 is 1.80. The summed E-state index contributed by atoms with van der Waals surface area (Å²) in [5, 5.41) is 7.87. The fourth-order valence-corrected chi connectivity index (χ4v) is 3.28. The Morgan fingerprint density at radius 1 is 1.65 bits per heavy atom. The van der Waals surface area contributed by atoms with Crippen molar-refractivity contribution in [1.82, 2.24) is 10.6 Å². The Balaban J connectivity index is 1.96. The van der Waals surface area contributed by atoms with E-state index in [1.807, 2.05) is 0 Å². The van der Waals surface area contributed by atoms with Crippen LogP contribution >= 0.6 is 11.3 Å². The second kappa shape index (κ2) is 7.28. The van der Waals surface area contributed by atoms with Crippen molar-refractivity contribution in [1.29, 1.82) is 0 Å². The Labute approximate surface area is 123 Å². The number of alkyl carbamates (subject to hydrolysis) is 1. The van der Waals surface area contributed by atoms with Gasteiger partial charge in [0.1, 0.15) is 0 Å². The van der Waals surface area contributed by atoms with Crippen LogP contribution in [0.4, 0.5) is 4.79 Å². The Hall–Kier alpha value is -1.56. The minimum atomic E-state index is -0.491. The Morgan fingerprint density at radius 3 is 3.15 bits per heavy atom. The summed E-state index contributed by atoms with van der Waals surface area (Å²) in [6.07, 6.45) is 3.09. The molecule has 1 aromatic heterocycles. The molecule has 0 saturated carbocycles. The Morgan fingerprint density at radius 2 is 2.50 bits per heavy atom. The number of aryl methyl sites for hydroxylation is 1. The van der Waals surface area contributed by atoms with Crippen molar-refractivity contribution in [2.75, 3.05) is 20.2 Å². The van der Waals surface area contributed by atoms with E-state index in [9.17, 15) is 4.79 Å². The van der Waals surface area contributed by atoms with E-state index in [0.29, 0.717) is 18.4 Å². The minimum absolute atomic E-state index is 0.394. The van der Waals surface area contributed by atoms with Crippen LogP contribution in [0.3, 0.4) is 0 Å². The zero-order valence-corrected chi connectivity index (χ0v) is 12.8. The molecule has 0 spiro atoms. The smallest absolute Gasteiger partial charge is 0.413 e. The van der Waals surface area contributed by atoms with Crippen LogP contribution < -0.4 is 10.6 Å². The van der Waals surface area contributed by atoms with Crippen molar-refractivity contribution in [3.8, 4) is 0 Å². The van der Waals surface area contributed by atoms with Gasteiger partial charge in [-0.1, -0.05) is 13.3 Å². The molecule has 0 saturated heterocycles. The van der Waals surface area contributed by atoms with E-state index in [1.54, 1.807) is 11.3 Å². The molecular weight excluding hydrogens is 274 g/mol. The van der Waals surface area contributed by atoms with Crippen molar-refractivity contribution in [2.45, 2.75) is 32.1 Å². The Kier molecular flexibility index (Phi) is 5.40. The number of methoxy groups -OCH3 is 1. The van der Waals surface area contributed by atoms with Crippen LogP contribution in [0.2, 0.25) is 0 Å². The van der Waals surface area contributed by atoms with Gasteiger partial charge in [0, 0.05) is 17.3 Å². The number of hydrogen-bond donors (Lipinski definition) is 2. The second-order valence-corrected chi connectivity index (χ2v) is 5.75. The molecule has 2 N–H and O–H groups in total. The molecule has 2 rings (SSSR count). The molecule has 1 unspecified atom stereocenters. The summed E-state index contributed by atoms with van der Waals surface area (Å²) in [6, 6.07) is 2.22. The SMILES string of the molecule is CCCCc1ccsc1C1CN=C(NC(=O)OC)NC1. The van der Waals surface area contributed by atoms with Crippen LogP contribution in [0.15, 0.2) is 16.4 Å². The first-order chi connectivity index (χ1) is 9.74. The molecule has 1 aromatic rings. The predicted octanol–water partition coefficient (Wildman–Crippen LogP) is 2.49. The third kappa shape index (κ3) is 3.72.